The highest BCUT2D eigenvalue weighted by molar-refractivity contribution is 5.80. The normalized spacial score (nSPS) is 16.0. The third-order valence-corrected chi connectivity index (χ3v) is 4.38. The minimum atomic E-state index is -0.100. The van der Waals surface area contributed by atoms with E-state index in [0.717, 1.165) is 49.6 Å². The van der Waals surface area contributed by atoms with Gasteiger partial charge in [-0.15, -0.1) is 0 Å². The maximum absolute atomic E-state index is 11.7. The summed E-state index contributed by atoms with van der Waals surface area (Å²) in [5, 5.41) is 3.36. The highest BCUT2D eigenvalue weighted by Gasteiger charge is 2.26. The van der Waals surface area contributed by atoms with Gasteiger partial charge >= 0.3 is 5.97 Å². The van der Waals surface area contributed by atoms with Crippen molar-refractivity contribution in [3.63, 3.8) is 0 Å². The van der Waals surface area contributed by atoms with Gasteiger partial charge in [0.05, 0.1) is 26.2 Å². The molecule has 25 heavy (non-hydrogen) atoms. The molecule has 0 aromatic heterocycles. The number of carbonyl (C=O) groups is 1. The Morgan fingerprint density at radius 3 is 2.64 bits per heavy atom. The summed E-state index contributed by atoms with van der Waals surface area (Å²) < 4.78 is 10.0. The zero-order valence-corrected chi connectivity index (χ0v) is 15.5. The van der Waals surface area contributed by atoms with Crippen LogP contribution in [0.4, 0.5) is 0 Å². The maximum atomic E-state index is 11.7. The highest BCUT2D eigenvalue weighted by atomic mass is 16.5. The number of hydrogen-bond acceptors (Lipinski definition) is 4. The van der Waals surface area contributed by atoms with Crippen molar-refractivity contribution >= 4 is 11.9 Å². The van der Waals surface area contributed by atoms with Crippen molar-refractivity contribution in [1.29, 1.82) is 0 Å². The molecule has 0 saturated carbocycles. The summed E-state index contributed by atoms with van der Waals surface area (Å²) in [6, 6.07) is 8.29. The van der Waals surface area contributed by atoms with E-state index in [1.807, 2.05) is 6.07 Å². The van der Waals surface area contributed by atoms with Crippen LogP contribution in [-0.2, 0) is 27.4 Å². The second kappa shape index (κ2) is 10.0. The summed E-state index contributed by atoms with van der Waals surface area (Å²) in [5.41, 5.74) is 2.31. The number of ether oxygens (including phenoxy) is 2. The number of aliphatic imine (C=N–C) groups is 1. The van der Waals surface area contributed by atoms with Crippen LogP contribution < -0.4 is 5.32 Å². The lowest BCUT2D eigenvalue weighted by atomic mass is 9.97. The first-order chi connectivity index (χ1) is 12.2. The van der Waals surface area contributed by atoms with Crippen molar-refractivity contribution in [2.24, 2.45) is 10.9 Å². The molecule has 0 bridgehead atoms. The van der Waals surface area contributed by atoms with Crippen LogP contribution in [0.3, 0.4) is 0 Å². The molecule has 0 radical (unpaired) electrons. The molecule has 1 aromatic carbocycles. The number of nitrogens with one attached hydrogen (secondary N) is 1. The molecule has 0 spiro atoms. The van der Waals surface area contributed by atoms with Crippen LogP contribution in [0.15, 0.2) is 29.3 Å². The van der Waals surface area contributed by atoms with Gasteiger partial charge in [0.25, 0.3) is 0 Å². The Kier molecular flexibility index (Phi) is 7.73. The van der Waals surface area contributed by atoms with Gasteiger partial charge in [0, 0.05) is 26.7 Å². The third kappa shape index (κ3) is 5.74. The molecule has 1 saturated heterocycles. The van der Waals surface area contributed by atoms with Crippen LogP contribution in [0.25, 0.3) is 0 Å². The Labute approximate surface area is 150 Å². The van der Waals surface area contributed by atoms with E-state index in [0.29, 0.717) is 13.2 Å². The van der Waals surface area contributed by atoms with Gasteiger partial charge in [-0.1, -0.05) is 24.3 Å². The van der Waals surface area contributed by atoms with E-state index in [4.69, 9.17) is 14.5 Å². The number of methoxy groups -OCH3 is 2. The van der Waals surface area contributed by atoms with Crippen molar-refractivity contribution < 1.29 is 14.3 Å². The third-order valence-electron chi connectivity index (χ3n) is 4.38. The van der Waals surface area contributed by atoms with Crippen LogP contribution in [0.2, 0.25) is 0 Å². The molecule has 0 amide bonds. The van der Waals surface area contributed by atoms with Crippen molar-refractivity contribution in [3.8, 4) is 0 Å². The van der Waals surface area contributed by atoms with Gasteiger partial charge in [-0.05, 0) is 30.9 Å². The van der Waals surface area contributed by atoms with Crippen LogP contribution >= 0.6 is 0 Å². The zero-order chi connectivity index (χ0) is 18.1. The largest absolute Gasteiger partial charge is 0.469 e. The van der Waals surface area contributed by atoms with E-state index in [2.05, 4.69) is 35.3 Å². The molecule has 1 heterocycles. The summed E-state index contributed by atoms with van der Waals surface area (Å²) in [7, 11) is 3.16. The lowest BCUT2D eigenvalue weighted by molar-refractivity contribution is -0.146. The fourth-order valence-electron chi connectivity index (χ4n) is 3.07. The number of hydrogen-bond donors (Lipinski definition) is 1. The topological polar surface area (TPSA) is 63.2 Å². The Hall–Kier alpha value is -2.08. The van der Waals surface area contributed by atoms with Crippen LogP contribution in [0.5, 0.6) is 0 Å². The number of esters is 1. The van der Waals surface area contributed by atoms with E-state index in [-0.39, 0.29) is 11.9 Å². The zero-order valence-electron chi connectivity index (χ0n) is 15.5. The summed E-state index contributed by atoms with van der Waals surface area (Å²) >= 11 is 0. The van der Waals surface area contributed by atoms with E-state index in [1.165, 1.54) is 7.11 Å². The number of piperidine rings is 1. The Morgan fingerprint density at radius 2 is 2.00 bits per heavy atom. The first kappa shape index (κ1) is 19.2. The maximum Gasteiger partial charge on any atom is 0.308 e. The minimum absolute atomic E-state index is 0.00912. The number of rotatable bonds is 6. The summed E-state index contributed by atoms with van der Waals surface area (Å²) in [6.07, 6.45) is 1.61. The lowest BCUT2D eigenvalue weighted by Gasteiger charge is -2.33. The van der Waals surface area contributed by atoms with Crippen molar-refractivity contribution in [2.45, 2.75) is 32.9 Å². The first-order valence-corrected chi connectivity index (χ1v) is 8.85. The number of benzene rings is 1. The summed E-state index contributed by atoms with van der Waals surface area (Å²) in [6.45, 7) is 5.75. The summed E-state index contributed by atoms with van der Waals surface area (Å²) in [5.74, 6) is 0.814. The van der Waals surface area contributed by atoms with E-state index >= 15 is 0 Å². The van der Waals surface area contributed by atoms with E-state index < -0.39 is 0 Å². The van der Waals surface area contributed by atoms with Gasteiger partial charge in [0.1, 0.15) is 0 Å². The molecule has 0 atom stereocenters. The quantitative estimate of drug-likeness (QED) is 0.485. The molecule has 1 aliphatic heterocycles. The van der Waals surface area contributed by atoms with E-state index in [1.54, 1.807) is 7.11 Å². The van der Waals surface area contributed by atoms with Crippen molar-refractivity contribution in [3.05, 3.63) is 35.4 Å². The Morgan fingerprint density at radius 1 is 1.28 bits per heavy atom. The molecule has 1 aromatic rings. The van der Waals surface area contributed by atoms with Gasteiger partial charge in [-0.25, -0.2) is 4.99 Å². The molecule has 2 rings (SSSR count). The summed E-state index contributed by atoms with van der Waals surface area (Å²) in [4.78, 5) is 18.7. The van der Waals surface area contributed by atoms with Gasteiger partial charge in [0.15, 0.2) is 5.96 Å². The minimum Gasteiger partial charge on any atom is -0.469 e. The molecular weight excluding hydrogens is 318 g/mol. The lowest BCUT2D eigenvalue weighted by Crippen LogP contribution is -2.46. The molecule has 1 N–H and O–H groups in total. The highest BCUT2D eigenvalue weighted by Crippen LogP contribution is 2.18. The van der Waals surface area contributed by atoms with Crippen LogP contribution in [-0.4, -0.2) is 50.7 Å². The predicted octanol–water partition coefficient (Wildman–Crippen LogP) is 2.18. The van der Waals surface area contributed by atoms with Crippen LogP contribution in [0.1, 0.15) is 30.9 Å². The predicted molar refractivity (Wildman–Crippen MR) is 98.3 cm³/mol. The van der Waals surface area contributed by atoms with E-state index in [9.17, 15) is 4.79 Å². The fourth-order valence-corrected chi connectivity index (χ4v) is 3.07. The number of likely N-dealkylation sites (tertiary alicyclic amines) is 1. The first-order valence-electron chi connectivity index (χ1n) is 8.85. The monoisotopic (exact) mass is 347 g/mol. The van der Waals surface area contributed by atoms with Crippen LogP contribution in [0, 0.1) is 5.92 Å². The second-order valence-corrected chi connectivity index (χ2v) is 6.21. The molecule has 0 unspecified atom stereocenters. The van der Waals surface area contributed by atoms with Gasteiger partial charge in [-0.2, -0.15) is 0 Å². The molecule has 6 nitrogen and oxygen atoms in total. The molecule has 6 heteroatoms. The van der Waals surface area contributed by atoms with Crippen molar-refractivity contribution in [2.75, 3.05) is 33.9 Å². The molecular formula is C19H29N3O3. The molecule has 1 fully saturated rings. The number of carbonyl (C=O) groups excluding carboxylic acids is 1. The standard InChI is InChI=1S/C19H29N3O3/c1-4-20-19(22-10-8-17(9-11-22)18(23)25-3)21-13-15-6-5-7-16(12-15)14-24-2/h5-7,12,17H,4,8-11,13-14H2,1-3H3,(H,20,21). The fraction of sp³-hybridized carbons (Fsp3) is 0.579. The Bertz CT molecular complexity index is 581. The number of guanidine groups is 1. The second-order valence-electron chi connectivity index (χ2n) is 6.21. The van der Waals surface area contributed by atoms with Gasteiger partial charge in [0.2, 0.25) is 0 Å². The smallest absolute Gasteiger partial charge is 0.308 e. The van der Waals surface area contributed by atoms with Gasteiger partial charge < -0.3 is 19.7 Å². The van der Waals surface area contributed by atoms with Crippen molar-refractivity contribution in [1.82, 2.24) is 10.2 Å². The average Bonchev–Trinajstić information content (AvgIpc) is 2.65. The molecule has 138 valence electrons. The number of nitrogens with zero attached hydrogens (tertiary/aromatic N) is 2. The average molecular weight is 347 g/mol. The SMILES string of the molecule is CCNC(=NCc1cccc(COC)c1)N1CCC(C(=O)OC)CC1. The molecule has 1 aliphatic rings. The molecule has 0 aliphatic carbocycles. The Balaban J connectivity index is 1.99. The van der Waals surface area contributed by atoms with Gasteiger partial charge in [-0.3, -0.25) is 4.79 Å².